The lowest BCUT2D eigenvalue weighted by Gasteiger charge is -2.21. The molecule has 0 aliphatic carbocycles. The van der Waals surface area contributed by atoms with E-state index in [1.807, 2.05) is 0 Å². The second kappa shape index (κ2) is 8.25. The van der Waals surface area contributed by atoms with E-state index in [0.29, 0.717) is 0 Å². The molecule has 86 valence electrons. The summed E-state index contributed by atoms with van der Waals surface area (Å²) in [6, 6.07) is 0. The predicted octanol–water partition coefficient (Wildman–Crippen LogP) is 2.31. The van der Waals surface area contributed by atoms with Crippen molar-refractivity contribution in [3.05, 3.63) is 0 Å². The van der Waals surface area contributed by atoms with Crippen LogP contribution in [0.15, 0.2) is 0 Å². The lowest BCUT2D eigenvalue weighted by Crippen LogP contribution is -2.31. The summed E-state index contributed by atoms with van der Waals surface area (Å²) in [5.74, 6) is 0.849. The van der Waals surface area contributed by atoms with Crippen LogP contribution in [-0.4, -0.2) is 50.1 Å². The Balaban J connectivity index is 3.32. The first-order valence-electron chi connectivity index (χ1n) is 5.93. The van der Waals surface area contributed by atoms with Crippen LogP contribution < -0.4 is 0 Å². The molecule has 2 nitrogen and oxygen atoms in total. The first-order chi connectivity index (χ1) is 6.56. The van der Waals surface area contributed by atoms with Crippen molar-refractivity contribution in [3.63, 3.8) is 0 Å². The summed E-state index contributed by atoms with van der Waals surface area (Å²) in [5.41, 5.74) is 0. The average molecular weight is 200 g/mol. The van der Waals surface area contributed by atoms with E-state index in [2.05, 4.69) is 44.7 Å². The van der Waals surface area contributed by atoms with E-state index >= 15 is 0 Å². The summed E-state index contributed by atoms with van der Waals surface area (Å²) >= 11 is 0. The van der Waals surface area contributed by atoms with Crippen molar-refractivity contribution in [1.82, 2.24) is 9.80 Å². The molecular weight excluding hydrogens is 172 g/mol. The second-order valence-electron chi connectivity index (χ2n) is 4.74. The third kappa shape index (κ3) is 8.52. The zero-order chi connectivity index (χ0) is 11.0. The normalized spacial score (nSPS) is 12.0. The maximum atomic E-state index is 2.44. The predicted molar refractivity (Wildman–Crippen MR) is 64.7 cm³/mol. The molecule has 0 heterocycles. The SMILES string of the molecule is CCN(C)CCN(C)CCCC(C)C. The Morgan fingerprint density at radius 3 is 2.00 bits per heavy atom. The molecular formula is C12H28N2. The fourth-order valence-corrected chi connectivity index (χ4v) is 1.38. The third-order valence-corrected chi connectivity index (χ3v) is 2.72. The molecule has 0 rings (SSSR count). The van der Waals surface area contributed by atoms with E-state index in [0.717, 1.165) is 12.5 Å². The number of nitrogens with zero attached hydrogens (tertiary/aromatic N) is 2. The van der Waals surface area contributed by atoms with Gasteiger partial charge in [-0.1, -0.05) is 20.8 Å². The Bertz CT molecular complexity index is 123. The molecule has 0 bridgehead atoms. The van der Waals surface area contributed by atoms with E-state index < -0.39 is 0 Å². The Hall–Kier alpha value is -0.0800. The molecule has 2 heteroatoms. The second-order valence-corrected chi connectivity index (χ2v) is 4.74. The molecule has 0 unspecified atom stereocenters. The Morgan fingerprint density at radius 2 is 1.50 bits per heavy atom. The molecule has 0 aliphatic rings. The van der Waals surface area contributed by atoms with Gasteiger partial charge < -0.3 is 9.80 Å². The van der Waals surface area contributed by atoms with E-state index in [1.165, 1.54) is 32.5 Å². The van der Waals surface area contributed by atoms with Crippen LogP contribution in [-0.2, 0) is 0 Å². The minimum atomic E-state index is 0.849. The van der Waals surface area contributed by atoms with Gasteiger partial charge >= 0.3 is 0 Å². The first kappa shape index (κ1) is 13.9. The molecule has 0 saturated carbocycles. The highest BCUT2D eigenvalue weighted by Crippen LogP contribution is 2.03. The number of rotatable bonds is 8. The molecule has 0 aromatic rings. The number of hydrogen-bond donors (Lipinski definition) is 0. The standard InChI is InChI=1S/C12H28N2/c1-6-13(4)10-11-14(5)9-7-8-12(2)3/h12H,6-11H2,1-5H3. The van der Waals surface area contributed by atoms with Gasteiger partial charge in [-0.15, -0.1) is 0 Å². The van der Waals surface area contributed by atoms with Crippen molar-refractivity contribution in [3.8, 4) is 0 Å². The fraction of sp³-hybridized carbons (Fsp3) is 1.00. The topological polar surface area (TPSA) is 6.48 Å². The quantitative estimate of drug-likeness (QED) is 0.593. The highest BCUT2D eigenvalue weighted by atomic mass is 15.2. The van der Waals surface area contributed by atoms with E-state index in [-0.39, 0.29) is 0 Å². The van der Waals surface area contributed by atoms with Gasteiger partial charge in [-0.05, 0) is 45.9 Å². The molecule has 0 N–H and O–H groups in total. The highest BCUT2D eigenvalue weighted by molar-refractivity contribution is 4.56. The van der Waals surface area contributed by atoms with Crippen LogP contribution in [0.2, 0.25) is 0 Å². The van der Waals surface area contributed by atoms with Crippen molar-refractivity contribution in [1.29, 1.82) is 0 Å². The molecule has 0 radical (unpaired) electrons. The zero-order valence-electron chi connectivity index (χ0n) is 10.7. The van der Waals surface area contributed by atoms with Crippen LogP contribution in [0.4, 0.5) is 0 Å². The average Bonchev–Trinajstić information content (AvgIpc) is 2.13. The molecule has 0 aromatic heterocycles. The van der Waals surface area contributed by atoms with Crippen molar-refractivity contribution < 1.29 is 0 Å². The summed E-state index contributed by atoms with van der Waals surface area (Å²) in [5, 5.41) is 0. The summed E-state index contributed by atoms with van der Waals surface area (Å²) in [6.07, 6.45) is 2.69. The van der Waals surface area contributed by atoms with Gasteiger partial charge in [-0.3, -0.25) is 0 Å². The van der Waals surface area contributed by atoms with Crippen molar-refractivity contribution in [2.24, 2.45) is 5.92 Å². The largest absolute Gasteiger partial charge is 0.305 e. The van der Waals surface area contributed by atoms with Gasteiger partial charge in [-0.25, -0.2) is 0 Å². The third-order valence-electron chi connectivity index (χ3n) is 2.72. The molecule has 0 spiro atoms. The number of likely N-dealkylation sites (N-methyl/N-ethyl adjacent to an activating group) is 2. The summed E-state index contributed by atoms with van der Waals surface area (Å²) in [6.45, 7) is 11.6. The Morgan fingerprint density at radius 1 is 0.929 bits per heavy atom. The van der Waals surface area contributed by atoms with E-state index in [1.54, 1.807) is 0 Å². The maximum absolute atomic E-state index is 2.44. The van der Waals surface area contributed by atoms with Crippen LogP contribution in [0.3, 0.4) is 0 Å². The maximum Gasteiger partial charge on any atom is 0.0106 e. The smallest absolute Gasteiger partial charge is 0.0106 e. The van der Waals surface area contributed by atoms with E-state index in [4.69, 9.17) is 0 Å². The van der Waals surface area contributed by atoms with Crippen LogP contribution in [0, 0.1) is 5.92 Å². The van der Waals surface area contributed by atoms with Crippen LogP contribution in [0.25, 0.3) is 0 Å². The lowest BCUT2D eigenvalue weighted by atomic mass is 10.1. The van der Waals surface area contributed by atoms with Crippen molar-refractivity contribution in [2.45, 2.75) is 33.6 Å². The molecule has 0 amide bonds. The van der Waals surface area contributed by atoms with Gasteiger partial charge in [-0.2, -0.15) is 0 Å². The monoisotopic (exact) mass is 200 g/mol. The summed E-state index contributed by atoms with van der Waals surface area (Å²) in [4.78, 5) is 4.80. The van der Waals surface area contributed by atoms with Gasteiger partial charge in [0.05, 0.1) is 0 Å². The molecule has 0 aromatic carbocycles. The molecule has 0 atom stereocenters. The summed E-state index contributed by atoms with van der Waals surface area (Å²) in [7, 11) is 4.41. The first-order valence-corrected chi connectivity index (χ1v) is 5.93. The Kier molecular flexibility index (Phi) is 8.20. The van der Waals surface area contributed by atoms with Crippen LogP contribution >= 0.6 is 0 Å². The summed E-state index contributed by atoms with van der Waals surface area (Å²) < 4.78 is 0. The van der Waals surface area contributed by atoms with Crippen molar-refractivity contribution >= 4 is 0 Å². The Labute approximate surface area is 90.3 Å². The van der Waals surface area contributed by atoms with Gasteiger partial charge in [0.25, 0.3) is 0 Å². The van der Waals surface area contributed by atoms with Crippen molar-refractivity contribution in [2.75, 3.05) is 40.3 Å². The molecule has 0 saturated heterocycles. The minimum absolute atomic E-state index is 0.849. The van der Waals surface area contributed by atoms with Crippen LogP contribution in [0.5, 0.6) is 0 Å². The van der Waals surface area contributed by atoms with Gasteiger partial charge in [0.15, 0.2) is 0 Å². The van der Waals surface area contributed by atoms with Gasteiger partial charge in [0, 0.05) is 13.1 Å². The van der Waals surface area contributed by atoms with Crippen LogP contribution in [0.1, 0.15) is 33.6 Å². The highest BCUT2D eigenvalue weighted by Gasteiger charge is 2.01. The number of hydrogen-bond acceptors (Lipinski definition) is 2. The lowest BCUT2D eigenvalue weighted by molar-refractivity contribution is 0.257. The zero-order valence-corrected chi connectivity index (χ0v) is 10.7. The van der Waals surface area contributed by atoms with Gasteiger partial charge in [0.2, 0.25) is 0 Å². The van der Waals surface area contributed by atoms with Gasteiger partial charge in [0.1, 0.15) is 0 Å². The fourth-order valence-electron chi connectivity index (χ4n) is 1.38. The molecule has 14 heavy (non-hydrogen) atoms. The van der Waals surface area contributed by atoms with E-state index in [9.17, 15) is 0 Å². The minimum Gasteiger partial charge on any atom is -0.305 e. The molecule has 0 aliphatic heterocycles. The molecule has 0 fully saturated rings.